The van der Waals surface area contributed by atoms with Crippen LogP contribution >= 0.6 is 0 Å². The second-order valence-corrected chi connectivity index (χ2v) is 34.8. The molecule has 98 heavy (non-hydrogen) atoms. The lowest BCUT2D eigenvalue weighted by Crippen LogP contribution is -2.87. The minimum Gasteiger partial charge on any atom is -0.394 e. The van der Waals surface area contributed by atoms with E-state index in [9.17, 15) is 143 Å². The van der Waals surface area contributed by atoms with Crippen molar-refractivity contribution < 1.29 is 168 Å². The van der Waals surface area contributed by atoms with E-state index in [2.05, 4.69) is 22.9 Å². The van der Waals surface area contributed by atoms with Crippen molar-refractivity contribution in [2.24, 2.45) is 45.2 Å². The maximum atomic E-state index is 15.5. The zero-order valence-corrected chi connectivity index (χ0v) is 53.1. The highest BCUT2D eigenvalue weighted by atomic mass is 32.3. The predicted molar refractivity (Wildman–Crippen MR) is 285 cm³/mol. The standard InChI is InChI=1S/C21H26N30O37S10/c22-32-42-89(62,63)14(61,1-4-3-82-4)15(9(56)6(53)5(2-52)83-15)84-18(92(68,69)45-35-25)12(59)7(54)10(57)16(85-18,90(64,65)43-33-23)20(94(72,73)47-37-27,95(74,75)48-38-28)87-19(93(70,71)46-36-26)13(60)8(55)11(58)17(86-19,91(66,67)44-34-24)21(96(76,77)49-39-29,97(78,79)50-40-30)88-98(80,81)51-41-31/h4-13,52-61H,1-3H2/t4?,5-,6-,7+,8+,9+,10+,11-,12-,13-,14?,15-,16-,17-,18?,19?/m1/s1. The van der Waals surface area contributed by atoms with Gasteiger partial charge in [-0.3, -0.25) is 9.47 Å². The molecule has 10 N–H and O–H groups in total. The minimum atomic E-state index is -9.14. The molecule has 4 saturated heterocycles. The highest BCUT2D eigenvalue weighted by Gasteiger charge is 2.93. The summed E-state index contributed by atoms with van der Waals surface area (Å²) in [6.07, 6.45) is -47.2. The van der Waals surface area contributed by atoms with Gasteiger partial charge in [-0.25, -0.2) is 79.9 Å². The number of rotatable bonds is 31. The molecular formula is C21H26N30O37S10. The number of sulfonamides is 9. The van der Waals surface area contributed by atoms with Crippen LogP contribution in [0.15, 0.2) is 45.2 Å². The van der Waals surface area contributed by atoms with Gasteiger partial charge in [0.2, 0.25) is 10.7 Å². The van der Waals surface area contributed by atoms with Gasteiger partial charge < -0.3 is 70.0 Å². The van der Waals surface area contributed by atoms with Gasteiger partial charge in [0.15, 0.2) is 12.2 Å². The van der Waals surface area contributed by atoms with Gasteiger partial charge in [0.25, 0.3) is 100 Å². The fourth-order valence-corrected chi connectivity index (χ4v) is 25.3. The van der Waals surface area contributed by atoms with E-state index in [1.54, 1.807) is 46.0 Å². The molecule has 4 fully saturated rings. The Morgan fingerprint density at radius 1 is 0.418 bits per heavy atom. The number of aliphatic hydroxyl groups is 10. The SMILES string of the molecule is [N-]=[N+]=NS(=O)(=O)OC([C@@]1(S(=O)(=O)N=[N+]=[N-])OC(OC([C@@]2(S(=O)(=O)N=[N+]=[N-])OC(O[C@]3(C(O)(CC4CO4)S(=O)(=O)N=[N+]=[N-])O[C@H](CO)[C@@H](O)[C@@H]3O)(S(=O)(=O)N=[N+]=[N-])[C@H](O)[C@@H](O)[C@@H]2O)(S(=O)(=O)N=[N+]=[N-])S(=O)(=O)N=[N+]=[N-])(S(=O)(=O)N=[N+]=[N-])[C@H](O)[C@@H](O)[C@H]1O)(S(=O)(=O)N=[N+]=[N-])S(=O)(=O)N=[N+]=[N-]. The molecule has 0 radical (unpaired) electrons. The summed E-state index contributed by atoms with van der Waals surface area (Å²) in [6.45, 7) is -3.07. The molecule has 0 amide bonds. The van der Waals surface area contributed by atoms with Crippen LogP contribution in [-0.2, 0) is 133 Å². The highest BCUT2D eigenvalue weighted by Crippen LogP contribution is 2.63. The number of hydrogen-bond donors (Lipinski definition) is 10. The maximum Gasteiger partial charge on any atom is 0.361 e. The van der Waals surface area contributed by atoms with Crippen molar-refractivity contribution in [2.75, 3.05) is 13.2 Å². The molecule has 67 nitrogen and oxygen atoms in total. The van der Waals surface area contributed by atoms with E-state index in [0.29, 0.717) is 0 Å². The molecule has 0 aromatic carbocycles. The number of azide groups is 10. The van der Waals surface area contributed by atoms with Gasteiger partial charge in [0.1, 0.15) is 42.7 Å². The van der Waals surface area contributed by atoms with E-state index in [4.69, 9.17) is 19.7 Å². The summed E-state index contributed by atoms with van der Waals surface area (Å²) in [4.78, 5) is -5.93. The van der Waals surface area contributed by atoms with Gasteiger partial charge >= 0.3 is 29.1 Å². The monoisotopic (exact) mass is 1610 g/mol. The molecule has 0 spiro atoms. The van der Waals surface area contributed by atoms with Crippen LogP contribution in [0.25, 0.3) is 104 Å². The maximum absolute atomic E-state index is 15.5. The quantitative estimate of drug-likeness (QED) is 0.0133. The van der Waals surface area contributed by atoms with Crippen LogP contribution in [0.1, 0.15) is 6.42 Å². The second kappa shape index (κ2) is 26.9. The predicted octanol–water partition coefficient (Wildman–Crippen LogP) is -7.13. The summed E-state index contributed by atoms with van der Waals surface area (Å²) < 4.78 is 329. The molecule has 0 saturated carbocycles. The Balaban J connectivity index is 2.89. The Morgan fingerprint density at radius 2 is 0.735 bits per heavy atom. The van der Waals surface area contributed by atoms with E-state index in [1.807, 2.05) is 4.52 Å². The first-order chi connectivity index (χ1) is 44.7. The normalized spacial score (nSPS) is 32.6. The lowest BCUT2D eigenvalue weighted by molar-refractivity contribution is -0.433. The van der Waals surface area contributed by atoms with Gasteiger partial charge in [-0.1, -0.05) is 0 Å². The fraction of sp³-hybridized carbons (Fsp3) is 1.00. The molecule has 0 aromatic heterocycles. The van der Waals surface area contributed by atoms with Crippen molar-refractivity contribution in [1.29, 1.82) is 0 Å². The Morgan fingerprint density at radius 3 is 1.08 bits per heavy atom. The number of aliphatic hydroxyl groups excluding tert-OH is 9. The van der Waals surface area contributed by atoms with Crippen molar-refractivity contribution in [2.45, 2.75) is 107 Å². The second-order valence-electron chi connectivity index (χ2n) is 17.7. The zero-order valence-electron chi connectivity index (χ0n) is 44.9. The number of hydrogen-bond acceptors (Lipinski definition) is 37. The first-order valence-corrected chi connectivity index (χ1v) is 36.7. The van der Waals surface area contributed by atoms with E-state index < -0.39 is 221 Å². The van der Waals surface area contributed by atoms with Crippen LogP contribution in [0.3, 0.4) is 0 Å². The average Bonchev–Trinajstić information content (AvgIpc) is 0.661. The molecule has 77 heteroatoms. The lowest BCUT2D eigenvalue weighted by Gasteiger charge is -2.59. The van der Waals surface area contributed by atoms with Crippen LogP contribution in [0.4, 0.5) is 0 Å². The first-order valence-electron chi connectivity index (χ1n) is 22.3. The van der Waals surface area contributed by atoms with Crippen LogP contribution in [-0.4, -0.2) is 249 Å². The number of ether oxygens (including phenoxy) is 6. The lowest BCUT2D eigenvalue weighted by atomic mass is 9.94. The van der Waals surface area contributed by atoms with E-state index in [-0.39, 0.29) is 0 Å². The van der Waals surface area contributed by atoms with E-state index in [0.717, 1.165) is 0 Å². The van der Waals surface area contributed by atoms with Crippen LogP contribution < -0.4 is 0 Å². The fourth-order valence-electron chi connectivity index (χ4n) is 8.97. The summed E-state index contributed by atoms with van der Waals surface area (Å²) in [5.41, 5.74) is 95.2. The molecule has 0 aromatic rings. The van der Waals surface area contributed by atoms with Gasteiger partial charge in [-0.2, -0.15) is 8.42 Å². The molecular weight excluding hydrogens is 1590 g/mol. The summed E-state index contributed by atoms with van der Waals surface area (Å²) in [5, 5.41) is 103. The Bertz CT molecular complexity index is 5010. The topological polar surface area (TPSA) is 1100 Å². The third kappa shape index (κ3) is 11.6. The summed E-state index contributed by atoms with van der Waals surface area (Å²) >= 11 is 0. The molecule has 542 valence electrons. The first kappa shape index (κ1) is 82.3. The Hall–Kier alpha value is -8.08. The summed E-state index contributed by atoms with van der Waals surface area (Å²) in [5.74, 6) is -5.52. The van der Waals surface area contributed by atoms with Crippen molar-refractivity contribution >= 4 is 101 Å². The van der Waals surface area contributed by atoms with Crippen molar-refractivity contribution in [1.82, 2.24) is 0 Å². The summed E-state index contributed by atoms with van der Waals surface area (Å²) in [6, 6.07) is 0. The van der Waals surface area contributed by atoms with Crippen LogP contribution in [0, 0.1) is 0 Å². The Kier molecular flexibility index (Phi) is 22.6. The third-order valence-electron chi connectivity index (χ3n) is 12.8. The van der Waals surface area contributed by atoms with Crippen molar-refractivity contribution in [3.63, 3.8) is 0 Å². The van der Waals surface area contributed by atoms with E-state index in [1.165, 1.54) is 39.3 Å². The zero-order chi connectivity index (χ0) is 76.0. The third-order valence-corrected chi connectivity index (χ3v) is 29.9. The average molecular weight is 1610 g/mol. The molecule has 4 aliphatic heterocycles. The van der Waals surface area contributed by atoms with Crippen LogP contribution in [0.5, 0.6) is 0 Å². The van der Waals surface area contributed by atoms with E-state index >= 15 is 42.1 Å². The number of epoxide rings is 1. The van der Waals surface area contributed by atoms with Gasteiger partial charge in [-0.15, -0.1) is 0 Å². The minimum absolute atomic E-state index is 0.974. The highest BCUT2D eigenvalue weighted by molar-refractivity contribution is 8.11. The van der Waals surface area contributed by atoms with Crippen molar-refractivity contribution in [3.8, 4) is 0 Å². The smallest absolute Gasteiger partial charge is 0.361 e. The van der Waals surface area contributed by atoms with Gasteiger partial charge in [0, 0.05) is 96.2 Å². The number of nitrogens with zero attached hydrogens (tertiary/aromatic N) is 30. The molecule has 4 unspecified atom stereocenters. The molecule has 0 bridgehead atoms. The molecule has 16 atom stereocenters. The largest absolute Gasteiger partial charge is 0.394 e. The van der Waals surface area contributed by atoms with Crippen LogP contribution in [0.2, 0.25) is 0 Å². The molecule has 4 heterocycles. The van der Waals surface area contributed by atoms with Gasteiger partial charge in [-0.05, 0) is 55.3 Å². The molecule has 4 rings (SSSR count). The molecule has 4 aliphatic rings. The van der Waals surface area contributed by atoms with Gasteiger partial charge in [0.05, 0.1) is 23.8 Å². The summed E-state index contributed by atoms with van der Waals surface area (Å²) in [7, 11) is -84.6. The molecule has 0 aliphatic carbocycles. The van der Waals surface area contributed by atoms with Crippen molar-refractivity contribution in [3.05, 3.63) is 104 Å². The Labute approximate surface area is 535 Å².